The van der Waals surface area contributed by atoms with E-state index in [9.17, 15) is 4.39 Å². The van der Waals surface area contributed by atoms with Crippen LogP contribution in [-0.4, -0.2) is 39.0 Å². The number of hydrogen-bond donors (Lipinski definition) is 0. The van der Waals surface area contributed by atoms with E-state index in [2.05, 4.69) is 29.7 Å². The Kier molecular flexibility index (Phi) is 4.76. The molecule has 0 radical (unpaired) electrons. The molecule has 4 rings (SSSR count). The summed E-state index contributed by atoms with van der Waals surface area (Å²) in [4.78, 5) is 9.30. The minimum absolute atomic E-state index is 0.283. The maximum Gasteiger partial charge on any atom is 0.160 e. The van der Waals surface area contributed by atoms with Crippen LogP contribution in [0.15, 0.2) is 36.7 Å². The van der Waals surface area contributed by atoms with Gasteiger partial charge in [0.2, 0.25) is 0 Å². The number of ether oxygens (including phenoxy) is 1. The molecule has 0 aliphatic heterocycles. The van der Waals surface area contributed by atoms with Gasteiger partial charge in [0, 0.05) is 33.3 Å². The zero-order valence-corrected chi connectivity index (χ0v) is 17.6. The van der Waals surface area contributed by atoms with Crippen molar-refractivity contribution in [2.24, 2.45) is 7.05 Å². The van der Waals surface area contributed by atoms with Gasteiger partial charge in [0.25, 0.3) is 0 Å². The molecule has 0 spiro atoms. The Bertz CT molecular complexity index is 1140. The maximum absolute atomic E-state index is 13.6. The summed E-state index contributed by atoms with van der Waals surface area (Å²) in [5.41, 5.74) is 3.66. The van der Waals surface area contributed by atoms with Crippen LogP contribution < -0.4 is 0 Å². The molecule has 1 aromatic carbocycles. The fraction of sp³-hybridized carbons (Fsp3) is 0.350. The molecular weight excluding hydrogens is 373 g/mol. The fourth-order valence-corrected chi connectivity index (χ4v) is 3.90. The Morgan fingerprint density at radius 1 is 1.18 bits per heavy atom. The topological polar surface area (TPSA) is 57.8 Å². The summed E-state index contributed by atoms with van der Waals surface area (Å²) < 4.78 is 23.0. The van der Waals surface area contributed by atoms with Crippen LogP contribution in [0.1, 0.15) is 0 Å². The molecule has 8 heteroatoms. The lowest BCUT2D eigenvalue weighted by Crippen LogP contribution is -2.22. The molecule has 0 fully saturated rings. The highest BCUT2D eigenvalue weighted by Gasteiger charge is 2.15. The Morgan fingerprint density at radius 3 is 2.79 bits per heavy atom. The standard InChI is InChI=1S/C20H24FN5OSi/c1-25-18-11-14(21)5-6-15(18)19(24-25)17-12-22-20-16(23-17)7-8-26(20)13-27-9-10-28(2,3)4/h5-8,11-12H,9-10,13H2,1-4H3. The molecule has 0 unspecified atom stereocenters. The van der Waals surface area contributed by atoms with Crippen LogP contribution in [0.2, 0.25) is 25.7 Å². The normalized spacial score (nSPS) is 12.3. The molecule has 3 heterocycles. The van der Waals surface area contributed by atoms with E-state index in [0.717, 1.165) is 34.7 Å². The van der Waals surface area contributed by atoms with E-state index in [1.165, 1.54) is 12.1 Å². The van der Waals surface area contributed by atoms with Crippen molar-refractivity contribution in [3.63, 3.8) is 0 Å². The number of rotatable bonds is 6. The first kappa shape index (κ1) is 18.8. The van der Waals surface area contributed by atoms with Gasteiger partial charge in [-0.05, 0) is 30.3 Å². The highest BCUT2D eigenvalue weighted by molar-refractivity contribution is 6.76. The van der Waals surface area contributed by atoms with Crippen LogP contribution in [0.5, 0.6) is 0 Å². The first-order valence-corrected chi connectivity index (χ1v) is 13.0. The molecule has 0 saturated carbocycles. The van der Waals surface area contributed by atoms with Crippen LogP contribution >= 0.6 is 0 Å². The second-order valence-corrected chi connectivity index (χ2v) is 13.9. The molecular formula is C20H24FN5OSi. The number of halogens is 1. The molecule has 0 aliphatic carbocycles. The van der Waals surface area contributed by atoms with Gasteiger partial charge < -0.3 is 9.30 Å². The average Bonchev–Trinajstić information content (AvgIpc) is 3.19. The third-order valence-electron chi connectivity index (χ3n) is 4.75. The van der Waals surface area contributed by atoms with Gasteiger partial charge in [0.05, 0.1) is 11.7 Å². The molecule has 0 N–H and O–H groups in total. The predicted molar refractivity (Wildman–Crippen MR) is 111 cm³/mol. The summed E-state index contributed by atoms with van der Waals surface area (Å²) in [5, 5.41) is 5.37. The molecule has 4 aromatic rings. The van der Waals surface area contributed by atoms with Gasteiger partial charge in [0.1, 0.15) is 29.5 Å². The Morgan fingerprint density at radius 2 is 2.00 bits per heavy atom. The number of hydrogen-bond acceptors (Lipinski definition) is 4. The fourth-order valence-electron chi connectivity index (χ4n) is 3.14. The molecule has 0 amide bonds. The highest BCUT2D eigenvalue weighted by atomic mass is 28.3. The van der Waals surface area contributed by atoms with Gasteiger partial charge >= 0.3 is 0 Å². The Labute approximate surface area is 164 Å². The molecule has 0 saturated heterocycles. The van der Waals surface area contributed by atoms with E-state index in [0.29, 0.717) is 18.1 Å². The summed E-state index contributed by atoms with van der Waals surface area (Å²) in [6, 6.07) is 7.71. The number of benzene rings is 1. The predicted octanol–water partition coefficient (Wildman–Crippen LogP) is 4.44. The van der Waals surface area contributed by atoms with Gasteiger partial charge in [-0.3, -0.25) is 4.68 Å². The molecule has 146 valence electrons. The summed E-state index contributed by atoms with van der Waals surface area (Å²) in [7, 11) is 0.700. The third-order valence-corrected chi connectivity index (χ3v) is 6.45. The first-order valence-electron chi connectivity index (χ1n) is 9.34. The van der Waals surface area contributed by atoms with Crippen molar-refractivity contribution in [3.05, 3.63) is 42.5 Å². The highest BCUT2D eigenvalue weighted by Crippen LogP contribution is 2.27. The third kappa shape index (κ3) is 3.70. The summed E-state index contributed by atoms with van der Waals surface area (Å²) in [6.07, 6.45) is 3.65. The number of aromatic nitrogens is 5. The molecule has 3 aromatic heterocycles. The van der Waals surface area contributed by atoms with Crippen molar-refractivity contribution in [1.29, 1.82) is 0 Å². The van der Waals surface area contributed by atoms with Crippen LogP contribution in [0.3, 0.4) is 0 Å². The van der Waals surface area contributed by atoms with Crippen molar-refractivity contribution in [1.82, 2.24) is 24.3 Å². The first-order chi connectivity index (χ1) is 13.3. The quantitative estimate of drug-likeness (QED) is 0.357. The van der Waals surface area contributed by atoms with E-state index in [1.807, 2.05) is 16.8 Å². The Balaban J connectivity index is 1.60. The largest absolute Gasteiger partial charge is 0.361 e. The van der Waals surface area contributed by atoms with Crippen molar-refractivity contribution < 1.29 is 9.13 Å². The Hall–Kier alpha value is -2.58. The smallest absolute Gasteiger partial charge is 0.160 e. The SMILES string of the molecule is Cn1nc(-c2cnc3c(ccn3COCC[Si](C)(C)C)n2)c2ccc(F)cc21. The van der Waals surface area contributed by atoms with Crippen molar-refractivity contribution in [2.75, 3.05) is 6.61 Å². The van der Waals surface area contributed by atoms with E-state index >= 15 is 0 Å². The van der Waals surface area contributed by atoms with Crippen LogP contribution in [0.25, 0.3) is 33.5 Å². The minimum atomic E-state index is -1.10. The van der Waals surface area contributed by atoms with E-state index in [-0.39, 0.29) is 5.82 Å². The van der Waals surface area contributed by atoms with Gasteiger partial charge in [-0.25, -0.2) is 14.4 Å². The number of nitrogens with zero attached hydrogens (tertiary/aromatic N) is 5. The van der Waals surface area contributed by atoms with Crippen LogP contribution in [-0.2, 0) is 18.5 Å². The summed E-state index contributed by atoms with van der Waals surface area (Å²) >= 11 is 0. The summed E-state index contributed by atoms with van der Waals surface area (Å²) in [6.45, 7) is 8.24. The van der Waals surface area contributed by atoms with Gasteiger partial charge in [-0.15, -0.1) is 0 Å². The lowest BCUT2D eigenvalue weighted by atomic mass is 10.1. The van der Waals surface area contributed by atoms with E-state index in [4.69, 9.17) is 9.72 Å². The van der Waals surface area contributed by atoms with E-state index < -0.39 is 8.07 Å². The molecule has 0 atom stereocenters. The second-order valence-electron chi connectivity index (χ2n) is 8.23. The number of aryl methyl sites for hydroxylation is 1. The lowest BCUT2D eigenvalue weighted by Gasteiger charge is -2.15. The van der Waals surface area contributed by atoms with Crippen LogP contribution in [0.4, 0.5) is 4.39 Å². The molecule has 0 aliphatic rings. The minimum Gasteiger partial charge on any atom is -0.361 e. The zero-order valence-electron chi connectivity index (χ0n) is 16.6. The van der Waals surface area contributed by atoms with Gasteiger partial charge in [-0.1, -0.05) is 19.6 Å². The molecule has 28 heavy (non-hydrogen) atoms. The van der Waals surface area contributed by atoms with Gasteiger partial charge in [0.15, 0.2) is 5.65 Å². The molecule has 0 bridgehead atoms. The maximum atomic E-state index is 13.6. The monoisotopic (exact) mass is 397 g/mol. The van der Waals surface area contributed by atoms with E-state index in [1.54, 1.807) is 24.0 Å². The summed E-state index contributed by atoms with van der Waals surface area (Å²) in [5.74, 6) is -0.283. The number of fused-ring (bicyclic) bond motifs is 2. The van der Waals surface area contributed by atoms with Crippen molar-refractivity contribution in [3.8, 4) is 11.4 Å². The van der Waals surface area contributed by atoms with Crippen LogP contribution in [0, 0.1) is 5.82 Å². The molecule has 6 nitrogen and oxygen atoms in total. The average molecular weight is 398 g/mol. The van der Waals surface area contributed by atoms with Gasteiger partial charge in [-0.2, -0.15) is 5.10 Å². The lowest BCUT2D eigenvalue weighted by molar-refractivity contribution is 0.0899. The van der Waals surface area contributed by atoms with Crippen molar-refractivity contribution >= 4 is 30.1 Å². The van der Waals surface area contributed by atoms with Crippen molar-refractivity contribution in [2.45, 2.75) is 32.4 Å². The second kappa shape index (κ2) is 7.10. The zero-order chi connectivity index (χ0) is 19.9.